The van der Waals surface area contributed by atoms with Gasteiger partial charge < -0.3 is 23.7 Å². The van der Waals surface area contributed by atoms with Gasteiger partial charge in [0, 0.05) is 25.1 Å². The van der Waals surface area contributed by atoms with Crippen molar-refractivity contribution in [3.63, 3.8) is 0 Å². The number of carbonyl (C=O) groups is 1. The SMILES string of the molecule is CCC1(C)Oc2ccc(NC(=O)c3cnoc3-c3ccc(C)o3)cc2O1. The van der Waals surface area contributed by atoms with Crippen LogP contribution in [0.5, 0.6) is 11.5 Å². The summed E-state index contributed by atoms with van der Waals surface area (Å²) in [5.41, 5.74) is 0.871. The summed E-state index contributed by atoms with van der Waals surface area (Å²) >= 11 is 0. The summed E-state index contributed by atoms with van der Waals surface area (Å²) in [4.78, 5) is 12.6. The number of aryl methyl sites for hydroxylation is 1. The predicted molar refractivity (Wildman–Crippen MR) is 93.3 cm³/mol. The first kappa shape index (κ1) is 16.3. The van der Waals surface area contributed by atoms with Crippen molar-refractivity contribution in [2.45, 2.75) is 33.0 Å². The van der Waals surface area contributed by atoms with Crippen LogP contribution in [0.2, 0.25) is 0 Å². The predicted octanol–water partition coefficient (Wildman–Crippen LogP) is 4.39. The fourth-order valence-electron chi connectivity index (χ4n) is 2.71. The second-order valence-electron chi connectivity index (χ2n) is 6.29. The van der Waals surface area contributed by atoms with E-state index in [4.69, 9.17) is 18.4 Å². The van der Waals surface area contributed by atoms with E-state index in [-0.39, 0.29) is 17.2 Å². The van der Waals surface area contributed by atoms with Crippen LogP contribution in [0.15, 0.2) is 45.5 Å². The minimum absolute atomic E-state index is 0.287. The van der Waals surface area contributed by atoms with E-state index in [2.05, 4.69) is 10.5 Å². The molecule has 2 aromatic heterocycles. The Morgan fingerprint density at radius 2 is 2.00 bits per heavy atom. The Balaban J connectivity index is 1.56. The lowest BCUT2D eigenvalue weighted by Crippen LogP contribution is -2.33. The van der Waals surface area contributed by atoms with Crippen LogP contribution in [0.3, 0.4) is 0 Å². The number of ether oxygens (including phenoxy) is 2. The van der Waals surface area contributed by atoms with Crippen molar-refractivity contribution in [2.24, 2.45) is 0 Å². The van der Waals surface area contributed by atoms with Crippen molar-refractivity contribution in [3.8, 4) is 23.0 Å². The highest BCUT2D eigenvalue weighted by atomic mass is 16.7. The number of benzene rings is 1. The molecular weight excluding hydrogens is 336 g/mol. The fourth-order valence-corrected chi connectivity index (χ4v) is 2.71. The van der Waals surface area contributed by atoms with Crippen molar-refractivity contribution in [2.75, 3.05) is 5.32 Å². The molecule has 26 heavy (non-hydrogen) atoms. The third-order valence-corrected chi connectivity index (χ3v) is 4.27. The van der Waals surface area contributed by atoms with Gasteiger partial charge in [0.2, 0.25) is 11.5 Å². The topological polar surface area (TPSA) is 86.7 Å². The monoisotopic (exact) mass is 354 g/mol. The van der Waals surface area contributed by atoms with Gasteiger partial charge >= 0.3 is 0 Å². The number of amides is 1. The largest absolute Gasteiger partial charge is 0.458 e. The lowest BCUT2D eigenvalue weighted by Gasteiger charge is -2.20. The standard InChI is InChI=1S/C19H18N2O5/c1-4-19(3)24-14-8-6-12(9-16(14)25-19)21-18(22)13-10-20-26-17(13)15-7-5-11(2)23-15/h5-10H,4H2,1-3H3,(H,21,22). The molecule has 0 bridgehead atoms. The van der Waals surface area contributed by atoms with Crippen LogP contribution in [0, 0.1) is 6.92 Å². The maximum Gasteiger partial charge on any atom is 0.261 e. The highest BCUT2D eigenvalue weighted by Crippen LogP contribution is 2.42. The van der Waals surface area contributed by atoms with Crippen LogP contribution in [0.4, 0.5) is 5.69 Å². The first-order chi connectivity index (χ1) is 12.5. The Hall–Kier alpha value is -3.22. The van der Waals surface area contributed by atoms with Crippen LogP contribution in [0.25, 0.3) is 11.5 Å². The van der Waals surface area contributed by atoms with Crippen molar-refractivity contribution >= 4 is 11.6 Å². The molecule has 1 N–H and O–H groups in total. The molecule has 0 aliphatic carbocycles. The Labute approximate surface area is 149 Å². The van der Waals surface area contributed by atoms with E-state index in [0.29, 0.717) is 29.4 Å². The second-order valence-corrected chi connectivity index (χ2v) is 6.29. The Morgan fingerprint density at radius 1 is 1.19 bits per heavy atom. The van der Waals surface area contributed by atoms with Crippen LogP contribution in [0.1, 0.15) is 36.4 Å². The van der Waals surface area contributed by atoms with Gasteiger partial charge in [0.1, 0.15) is 11.3 Å². The number of hydrogen-bond acceptors (Lipinski definition) is 6. The number of anilines is 1. The molecular formula is C19H18N2O5. The molecule has 1 amide bonds. The minimum Gasteiger partial charge on any atom is -0.458 e. The van der Waals surface area contributed by atoms with Crippen LogP contribution < -0.4 is 14.8 Å². The Bertz CT molecular complexity index is 974. The zero-order chi connectivity index (χ0) is 18.3. The van der Waals surface area contributed by atoms with E-state index in [1.165, 1.54) is 6.20 Å². The third-order valence-electron chi connectivity index (χ3n) is 4.27. The molecule has 0 radical (unpaired) electrons. The molecule has 134 valence electrons. The summed E-state index contributed by atoms with van der Waals surface area (Å²) in [6.07, 6.45) is 2.07. The lowest BCUT2D eigenvalue weighted by atomic mass is 10.2. The van der Waals surface area contributed by atoms with Crippen LogP contribution >= 0.6 is 0 Å². The van der Waals surface area contributed by atoms with Gasteiger partial charge in [-0.2, -0.15) is 0 Å². The molecule has 1 atom stereocenters. The molecule has 4 rings (SSSR count). The van der Waals surface area contributed by atoms with E-state index >= 15 is 0 Å². The van der Waals surface area contributed by atoms with Gasteiger partial charge in [-0.05, 0) is 31.2 Å². The molecule has 0 spiro atoms. The number of furan rings is 1. The summed E-state index contributed by atoms with van der Waals surface area (Å²) < 4.78 is 22.3. The van der Waals surface area contributed by atoms with E-state index in [0.717, 1.165) is 5.76 Å². The molecule has 1 aromatic carbocycles. The van der Waals surface area contributed by atoms with Gasteiger partial charge in [0.25, 0.3) is 5.91 Å². The number of aromatic nitrogens is 1. The molecule has 1 aliphatic heterocycles. The number of nitrogens with zero attached hydrogens (tertiary/aromatic N) is 1. The van der Waals surface area contributed by atoms with Crippen LogP contribution in [-0.2, 0) is 0 Å². The minimum atomic E-state index is -0.677. The van der Waals surface area contributed by atoms with Gasteiger partial charge in [-0.25, -0.2) is 0 Å². The molecule has 0 fully saturated rings. The first-order valence-corrected chi connectivity index (χ1v) is 8.32. The van der Waals surface area contributed by atoms with Gasteiger partial charge in [-0.15, -0.1) is 0 Å². The number of fused-ring (bicyclic) bond motifs is 1. The van der Waals surface area contributed by atoms with Crippen LogP contribution in [-0.4, -0.2) is 16.9 Å². The molecule has 3 aromatic rings. The number of carbonyl (C=O) groups excluding carboxylic acids is 1. The summed E-state index contributed by atoms with van der Waals surface area (Å²) in [6, 6.07) is 8.79. The molecule has 1 aliphatic rings. The van der Waals surface area contributed by atoms with Crippen molar-refractivity contribution in [3.05, 3.63) is 47.9 Å². The maximum absolute atomic E-state index is 12.6. The van der Waals surface area contributed by atoms with Crippen molar-refractivity contribution < 1.29 is 23.2 Å². The number of rotatable bonds is 4. The summed E-state index contributed by atoms with van der Waals surface area (Å²) in [7, 11) is 0. The van der Waals surface area contributed by atoms with Crippen molar-refractivity contribution in [1.29, 1.82) is 0 Å². The molecule has 7 nitrogen and oxygen atoms in total. The zero-order valence-electron chi connectivity index (χ0n) is 14.7. The van der Waals surface area contributed by atoms with E-state index in [1.54, 1.807) is 30.3 Å². The molecule has 1 unspecified atom stereocenters. The highest BCUT2D eigenvalue weighted by molar-refractivity contribution is 6.07. The highest BCUT2D eigenvalue weighted by Gasteiger charge is 2.35. The number of nitrogens with one attached hydrogen (secondary N) is 1. The summed E-state index contributed by atoms with van der Waals surface area (Å²) in [6.45, 7) is 5.68. The normalized spacial score (nSPS) is 18.1. The van der Waals surface area contributed by atoms with Gasteiger partial charge in [0.15, 0.2) is 17.3 Å². The average Bonchev–Trinajstić information content (AvgIpc) is 3.31. The average molecular weight is 354 g/mol. The molecule has 3 heterocycles. The van der Waals surface area contributed by atoms with E-state index in [1.807, 2.05) is 20.8 Å². The molecule has 0 saturated carbocycles. The Morgan fingerprint density at radius 3 is 2.73 bits per heavy atom. The maximum atomic E-state index is 12.6. The first-order valence-electron chi connectivity index (χ1n) is 8.32. The lowest BCUT2D eigenvalue weighted by molar-refractivity contribution is -0.0640. The van der Waals surface area contributed by atoms with E-state index in [9.17, 15) is 4.79 Å². The fraction of sp³-hybridized carbons (Fsp3) is 0.263. The van der Waals surface area contributed by atoms with Gasteiger partial charge in [-0.1, -0.05) is 12.1 Å². The van der Waals surface area contributed by atoms with E-state index < -0.39 is 5.79 Å². The molecule has 0 saturated heterocycles. The molecule has 7 heteroatoms. The quantitative estimate of drug-likeness (QED) is 0.747. The number of hydrogen-bond donors (Lipinski definition) is 1. The summed E-state index contributed by atoms with van der Waals surface area (Å²) in [5, 5.41) is 6.54. The zero-order valence-corrected chi connectivity index (χ0v) is 14.7. The summed E-state index contributed by atoms with van der Waals surface area (Å²) in [5.74, 6) is 1.68. The third kappa shape index (κ3) is 2.81. The smallest absolute Gasteiger partial charge is 0.261 e. The van der Waals surface area contributed by atoms with Crippen molar-refractivity contribution in [1.82, 2.24) is 5.16 Å². The van der Waals surface area contributed by atoms with Gasteiger partial charge in [-0.3, -0.25) is 4.79 Å². The van der Waals surface area contributed by atoms with Gasteiger partial charge in [0.05, 0.1) is 6.20 Å². The Kier molecular flexibility index (Phi) is 3.72. The second kappa shape index (κ2) is 5.94.